The minimum absolute atomic E-state index is 0.0537. The summed E-state index contributed by atoms with van der Waals surface area (Å²) in [5.41, 5.74) is 4.56. The number of amides is 2. The van der Waals surface area contributed by atoms with Crippen LogP contribution in [0.1, 0.15) is 56.1 Å². The van der Waals surface area contributed by atoms with Crippen molar-refractivity contribution in [1.82, 2.24) is 10.2 Å². The molecule has 0 aromatic heterocycles. The summed E-state index contributed by atoms with van der Waals surface area (Å²) in [7, 11) is 0. The van der Waals surface area contributed by atoms with Gasteiger partial charge in [0, 0.05) is 18.5 Å². The van der Waals surface area contributed by atoms with Crippen LogP contribution < -0.4 is 5.32 Å². The second-order valence-electron chi connectivity index (χ2n) is 8.74. The summed E-state index contributed by atoms with van der Waals surface area (Å²) in [6.45, 7) is 2.64. The number of nitrogens with zero attached hydrogens (tertiary/aromatic N) is 1. The highest BCUT2D eigenvalue weighted by Gasteiger charge is 2.35. The molecule has 2 amide bonds. The van der Waals surface area contributed by atoms with Crippen LogP contribution in [0.15, 0.2) is 48.5 Å². The molecule has 1 aliphatic heterocycles. The molecule has 7 heteroatoms. The van der Waals surface area contributed by atoms with E-state index in [1.807, 2.05) is 31.2 Å². The average Bonchev–Trinajstić information content (AvgIpc) is 3.39. The molecular weight excluding hydrogens is 420 g/mol. The third kappa shape index (κ3) is 4.87. The predicted octanol–water partition coefficient (Wildman–Crippen LogP) is 4.16. The molecular formula is C26H30N2O5. The third-order valence-corrected chi connectivity index (χ3v) is 6.58. The lowest BCUT2D eigenvalue weighted by molar-refractivity contribution is -0.140. The fraction of sp³-hybridized carbons (Fsp3) is 0.423. The molecule has 33 heavy (non-hydrogen) atoms. The molecule has 7 nitrogen and oxygen atoms in total. The lowest BCUT2D eigenvalue weighted by Gasteiger charge is -2.28. The molecule has 2 atom stereocenters. The Kier molecular flexibility index (Phi) is 6.96. The van der Waals surface area contributed by atoms with Crippen LogP contribution in [0, 0.1) is 0 Å². The van der Waals surface area contributed by atoms with Gasteiger partial charge in [-0.2, -0.15) is 0 Å². The number of aliphatic carboxylic acids is 1. The van der Waals surface area contributed by atoms with Crippen LogP contribution in [0.3, 0.4) is 0 Å². The summed E-state index contributed by atoms with van der Waals surface area (Å²) in [5, 5.41) is 11.9. The molecule has 1 saturated heterocycles. The second-order valence-corrected chi connectivity index (χ2v) is 8.74. The second kappa shape index (κ2) is 10.1. The van der Waals surface area contributed by atoms with Crippen LogP contribution >= 0.6 is 0 Å². The Hall–Kier alpha value is -3.35. The third-order valence-electron chi connectivity index (χ3n) is 6.58. The lowest BCUT2D eigenvalue weighted by atomic mass is 9.98. The summed E-state index contributed by atoms with van der Waals surface area (Å²) in [5.74, 6) is -1.20. The van der Waals surface area contributed by atoms with Gasteiger partial charge >= 0.3 is 12.1 Å². The minimum Gasteiger partial charge on any atom is -0.481 e. The molecule has 0 saturated carbocycles. The number of rotatable bonds is 8. The fourth-order valence-corrected chi connectivity index (χ4v) is 5.07. The highest BCUT2D eigenvalue weighted by molar-refractivity contribution is 5.86. The van der Waals surface area contributed by atoms with Gasteiger partial charge in [0.25, 0.3) is 0 Å². The summed E-state index contributed by atoms with van der Waals surface area (Å²) in [6, 6.07) is 15.2. The highest BCUT2D eigenvalue weighted by Crippen LogP contribution is 2.44. The topological polar surface area (TPSA) is 95.9 Å². The number of fused-ring (bicyclic) bond motifs is 3. The van der Waals surface area contributed by atoms with Gasteiger partial charge in [-0.3, -0.25) is 9.59 Å². The van der Waals surface area contributed by atoms with E-state index in [0.717, 1.165) is 28.7 Å². The highest BCUT2D eigenvalue weighted by atomic mass is 16.5. The molecule has 2 aromatic carbocycles. The first-order chi connectivity index (χ1) is 16.0. The standard InChI is InChI=1S/C26H30N2O5/c1-2-8-23(25(31)28-14-7-9-17(28)15-24(29)30)27-26(32)33-16-22-20-12-5-3-10-18(20)19-11-4-6-13-21(19)22/h3-6,10-13,17,22-23H,2,7-9,14-16H2,1H3,(H,27,32)(H,29,30)/t17?,23-/m0/s1. The van der Waals surface area contributed by atoms with Gasteiger partial charge in [0.2, 0.25) is 5.91 Å². The Morgan fingerprint density at radius 3 is 2.33 bits per heavy atom. The van der Waals surface area contributed by atoms with Crippen LogP contribution in [-0.4, -0.2) is 53.2 Å². The maximum Gasteiger partial charge on any atom is 0.407 e. The van der Waals surface area contributed by atoms with Crippen molar-refractivity contribution in [3.05, 3.63) is 59.7 Å². The molecule has 0 spiro atoms. The fourth-order valence-electron chi connectivity index (χ4n) is 5.07. The molecule has 4 rings (SSSR count). The quantitative estimate of drug-likeness (QED) is 0.630. The monoisotopic (exact) mass is 450 g/mol. The van der Waals surface area contributed by atoms with Gasteiger partial charge in [0.1, 0.15) is 12.6 Å². The first-order valence-corrected chi connectivity index (χ1v) is 11.6. The molecule has 0 bridgehead atoms. The first-order valence-electron chi connectivity index (χ1n) is 11.6. The van der Waals surface area contributed by atoms with Gasteiger partial charge in [0.15, 0.2) is 0 Å². The van der Waals surface area contributed by atoms with E-state index in [1.54, 1.807) is 4.90 Å². The molecule has 174 valence electrons. The van der Waals surface area contributed by atoms with Crippen molar-refractivity contribution in [3.8, 4) is 11.1 Å². The molecule has 1 fully saturated rings. The smallest absolute Gasteiger partial charge is 0.407 e. The number of carboxylic acid groups (broad SMARTS) is 1. The molecule has 2 aliphatic rings. The van der Waals surface area contributed by atoms with E-state index in [9.17, 15) is 14.4 Å². The van der Waals surface area contributed by atoms with E-state index < -0.39 is 18.1 Å². The van der Waals surface area contributed by atoms with Crippen LogP contribution in [0.5, 0.6) is 0 Å². The van der Waals surface area contributed by atoms with E-state index in [-0.39, 0.29) is 30.9 Å². The van der Waals surface area contributed by atoms with Gasteiger partial charge < -0.3 is 20.1 Å². The maximum absolute atomic E-state index is 13.1. The number of carboxylic acids is 1. The van der Waals surface area contributed by atoms with Gasteiger partial charge in [-0.05, 0) is 41.5 Å². The number of hydrogen-bond donors (Lipinski definition) is 2. The van der Waals surface area contributed by atoms with Gasteiger partial charge in [-0.1, -0.05) is 61.9 Å². The summed E-state index contributed by atoms with van der Waals surface area (Å²) < 4.78 is 5.61. The number of nitrogens with one attached hydrogen (secondary N) is 1. The van der Waals surface area contributed by atoms with Crippen LogP contribution in [0.4, 0.5) is 4.79 Å². The van der Waals surface area contributed by atoms with Crippen molar-refractivity contribution in [2.24, 2.45) is 0 Å². The van der Waals surface area contributed by atoms with E-state index in [2.05, 4.69) is 29.6 Å². The number of likely N-dealkylation sites (tertiary alicyclic amines) is 1. The van der Waals surface area contributed by atoms with E-state index in [4.69, 9.17) is 9.84 Å². The molecule has 0 radical (unpaired) electrons. The number of alkyl carbamates (subject to hydrolysis) is 1. The predicted molar refractivity (Wildman–Crippen MR) is 124 cm³/mol. The SMILES string of the molecule is CCC[C@H](NC(=O)OCC1c2ccccc2-c2ccccc21)C(=O)N1CCCC1CC(=O)O. The van der Waals surface area contributed by atoms with Crippen molar-refractivity contribution >= 4 is 18.0 Å². The van der Waals surface area contributed by atoms with Crippen LogP contribution in [0.2, 0.25) is 0 Å². The lowest BCUT2D eigenvalue weighted by Crippen LogP contribution is -2.50. The zero-order chi connectivity index (χ0) is 23.4. The summed E-state index contributed by atoms with van der Waals surface area (Å²) in [4.78, 5) is 38.6. The van der Waals surface area contributed by atoms with Crippen molar-refractivity contribution in [2.45, 2.75) is 57.0 Å². The Morgan fingerprint density at radius 1 is 1.09 bits per heavy atom. The van der Waals surface area contributed by atoms with E-state index >= 15 is 0 Å². The van der Waals surface area contributed by atoms with Crippen LogP contribution in [0.25, 0.3) is 11.1 Å². The Morgan fingerprint density at radius 2 is 1.73 bits per heavy atom. The van der Waals surface area contributed by atoms with Crippen LogP contribution in [-0.2, 0) is 14.3 Å². The minimum atomic E-state index is -0.920. The average molecular weight is 451 g/mol. The number of hydrogen-bond acceptors (Lipinski definition) is 4. The molecule has 1 aliphatic carbocycles. The number of benzene rings is 2. The zero-order valence-electron chi connectivity index (χ0n) is 18.8. The van der Waals surface area contributed by atoms with Crippen molar-refractivity contribution in [2.75, 3.05) is 13.2 Å². The zero-order valence-corrected chi connectivity index (χ0v) is 18.8. The first kappa shape index (κ1) is 22.8. The van der Waals surface area contributed by atoms with Gasteiger partial charge in [-0.25, -0.2) is 4.79 Å². The summed E-state index contributed by atoms with van der Waals surface area (Å²) in [6.07, 6.45) is 1.92. The molecule has 1 heterocycles. The van der Waals surface area contributed by atoms with Crippen molar-refractivity contribution < 1.29 is 24.2 Å². The van der Waals surface area contributed by atoms with E-state index in [0.29, 0.717) is 25.8 Å². The van der Waals surface area contributed by atoms with Gasteiger partial charge in [0.05, 0.1) is 6.42 Å². The molecule has 2 N–H and O–H groups in total. The maximum atomic E-state index is 13.1. The number of carbonyl (C=O) groups excluding carboxylic acids is 2. The van der Waals surface area contributed by atoms with Crippen molar-refractivity contribution in [3.63, 3.8) is 0 Å². The molecule has 1 unspecified atom stereocenters. The Bertz CT molecular complexity index is 991. The Labute approximate surface area is 193 Å². The Balaban J connectivity index is 1.41. The van der Waals surface area contributed by atoms with E-state index in [1.165, 1.54) is 0 Å². The van der Waals surface area contributed by atoms with Gasteiger partial charge in [-0.15, -0.1) is 0 Å². The summed E-state index contributed by atoms with van der Waals surface area (Å²) >= 11 is 0. The number of ether oxygens (including phenoxy) is 1. The van der Waals surface area contributed by atoms with Crippen molar-refractivity contribution in [1.29, 1.82) is 0 Å². The normalized spacial score (nSPS) is 17.8. The number of carbonyl (C=O) groups is 3. The molecule has 2 aromatic rings. The largest absolute Gasteiger partial charge is 0.481 e.